The van der Waals surface area contributed by atoms with Gasteiger partial charge in [0, 0.05) is 18.8 Å². The summed E-state index contributed by atoms with van der Waals surface area (Å²) in [6.45, 7) is 0. The molecule has 6 heteroatoms. The summed E-state index contributed by atoms with van der Waals surface area (Å²) < 4.78 is 1.81. The lowest BCUT2D eigenvalue weighted by Gasteiger charge is -2.12. The summed E-state index contributed by atoms with van der Waals surface area (Å²) >= 11 is 0. The summed E-state index contributed by atoms with van der Waals surface area (Å²) in [5.74, 6) is 1.31. The number of aromatic nitrogens is 4. The molecule has 4 rings (SSSR count). The van der Waals surface area contributed by atoms with Gasteiger partial charge in [0.1, 0.15) is 5.82 Å². The number of benzene rings is 1. The van der Waals surface area contributed by atoms with E-state index in [2.05, 4.69) is 39.3 Å². The molecule has 0 aliphatic heterocycles. The summed E-state index contributed by atoms with van der Waals surface area (Å²) in [5, 5.41) is 4.50. The van der Waals surface area contributed by atoms with Gasteiger partial charge in [-0.2, -0.15) is 5.10 Å². The predicted molar refractivity (Wildman–Crippen MR) is 93.3 cm³/mol. The fraction of sp³-hybridized carbons (Fsp3) is 0.263. The molecule has 0 spiro atoms. The number of amides is 1. The number of rotatable bonds is 5. The molecule has 6 nitrogen and oxygen atoms in total. The first kappa shape index (κ1) is 15.5. The SMILES string of the molecule is NC(=O)Cc1nc(CC2CCc3ccccc32)n(-c2ccncc2)n1. The average Bonchev–Trinajstić information content (AvgIpc) is 3.20. The van der Waals surface area contributed by atoms with E-state index in [0.29, 0.717) is 11.7 Å². The van der Waals surface area contributed by atoms with Gasteiger partial charge < -0.3 is 5.73 Å². The van der Waals surface area contributed by atoms with Crippen LogP contribution in [-0.4, -0.2) is 25.7 Å². The molecular weight excluding hydrogens is 314 g/mol. The Morgan fingerprint density at radius 2 is 2.00 bits per heavy atom. The van der Waals surface area contributed by atoms with Crippen LogP contribution in [0.5, 0.6) is 0 Å². The number of fused-ring (bicyclic) bond motifs is 1. The van der Waals surface area contributed by atoms with E-state index >= 15 is 0 Å². The smallest absolute Gasteiger partial charge is 0.225 e. The normalized spacial score (nSPS) is 15.9. The minimum absolute atomic E-state index is 0.0480. The Hall–Kier alpha value is -3.02. The van der Waals surface area contributed by atoms with Gasteiger partial charge in [-0.05, 0) is 42.0 Å². The highest BCUT2D eigenvalue weighted by molar-refractivity contribution is 5.75. The molecule has 0 fully saturated rings. The number of aryl methyl sites for hydroxylation is 1. The molecule has 1 atom stereocenters. The van der Waals surface area contributed by atoms with Gasteiger partial charge in [0.15, 0.2) is 5.82 Å². The van der Waals surface area contributed by atoms with Crippen LogP contribution in [0.25, 0.3) is 5.69 Å². The van der Waals surface area contributed by atoms with Crippen molar-refractivity contribution in [1.82, 2.24) is 19.7 Å². The molecule has 0 saturated heterocycles. The van der Waals surface area contributed by atoms with Crippen LogP contribution in [0.4, 0.5) is 0 Å². The Balaban J connectivity index is 1.69. The van der Waals surface area contributed by atoms with Crippen LogP contribution in [0.3, 0.4) is 0 Å². The van der Waals surface area contributed by atoms with Crippen molar-refractivity contribution >= 4 is 5.91 Å². The Bertz CT molecular complexity index is 903. The lowest BCUT2D eigenvalue weighted by molar-refractivity contribution is -0.117. The molecule has 0 saturated carbocycles. The standard InChI is InChI=1S/C19H19N5O/c20-17(25)12-18-22-19(24(23-18)15-7-9-21-10-8-15)11-14-6-5-13-3-1-2-4-16(13)14/h1-4,7-10,14H,5-6,11-12H2,(H2,20,25). The summed E-state index contributed by atoms with van der Waals surface area (Å²) in [4.78, 5) is 19.9. The number of hydrogen-bond acceptors (Lipinski definition) is 4. The van der Waals surface area contributed by atoms with Crippen LogP contribution >= 0.6 is 0 Å². The van der Waals surface area contributed by atoms with Crippen molar-refractivity contribution < 1.29 is 4.79 Å². The second kappa shape index (κ2) is 6.47. The number of carbonyl (C=O) groups is 1. The van der Waals surface area contributed by atoms with Gasteiger partial charge >= 0.3 is 0 Å². The Labute approximate surface area is 145 Å². The molecule has 1 aliphatic carbocycles. The first-order valence-electron chi connectivity index (χ1n) is 8.42. The molecule has 1 amide bonds. The van der Waals surface area contributed by atoms with Crippen molar-refractivity contribution in [3.8, 4) is 5.69 Å². The van der Waals surface area contributed by atoms with Crippen LogP contribution in [0.15, 0.2) is 48.8 Å². The summed E-state index contributed by atoms with van der Waals surface area (Å²) in [6, 6.07) is 12.3. The van der Waals surface area contributed by atoms with Gasteiger partial charge in [-0.1, -0.05) is 24.3 Å². The second-order valence-electron chi connectivity index (χ2n) is 6.34. The van der Waals surface area contributed by atoms with E-state index in [4.69, 9.17) is 5.73 Å². The van der Waals surface area contributed by atoms with E-state index in [0.717, 1.165) is 30.8 Å². The highest BCUT2D eigenvalue weighted by Crippen LogP contribution is 2.35. The molecular formula is C19H19N5O. The van der Waals surface area contributed by atoms with Crippen LogP contribution in [0.2, 0.25) is 0 Å². The first-order valence-corrected chi connectivity index (χ1v) is 8.42. The van der Waals surface area contributed by atoms with Crippen molar-refractivity contribution in [2.45, 2.75) is 31.6 Å². The number of pyridine rings is 1. The fourth-order valence-corrected chi connectivity index (χ4v) is 3.52. The van der Waals surface area contributed by atoms with Crippen LogP contribution in [-0.2, 0) is 24.1 Å². The molecule has 2 N–H and O–H groups in total. The third kappa shape index (κ3) is 3.15. The monoisotopic (exact) mass is 333 g/mol. The van der Waals surface area contributed by atoms with Crippen LogP contribution in [0, 0.1) is 0 Å². The highest BCUT2D eigenvalue weighted by Gasteiger charge is 2.25. The van der Waals surface area contributed by atoms with Crippen molar-refractivity contribution in [3.05, 3.63) is 71.6 Å². The zero-order valence-electron chi connectivity index (χ0n) is 13.8. The van der Waals surface area contributed by atoms with Crippen LogP contribution < -0.4 is 5.73 Å². The third-order valence-electron chi connectivity index (χ3n) is 4.64. The minimum atomic E-state index is -0.426. The van der Waals surface area contributed by atoms with Crippen molar-refractivity contribution in [3.63, 3.8) is 0 Å². The van der Waals surface area contributed by atoms with E-state index in [1.54, 1.807) is 17.1 Å². The molecule has 1 aliphatic rings. The van der Waals surface area contributed by atoms with E-state index in [1.807, 2.05) is 12.1 Å². The summed E-state index contributed by atoms with van der Waals surface area (Å²) in [5.41, 5.74) is 9.01. The summed E-state index contributed by atoms with van der Waals surface area (Å²) in [7, 11) is 0. The molecule has 1 unspecified atom stereocenters. The van der Waals surface area contributed by atoms with E-state index < -0.39 is 5.91 Å². The number of primary amides is 1. The van der Waals surface area contributed by atoms with Gasteiger partial charge in [-0.3, -0.25) is 9.78 Å². The number of nitrogens with two attached hydrogens (primary N) is 1. The maximum absolute atomic E-state index is 11.3. The molecule has 2 aromatic heterocycles. The second-order valence-corrected chi connectivity index (χ2v) is 6.34. The van der Waals surface area contributed by atoms with E-state index in [1.165, 1.54) is 11.1 Å². The molecule has 1 aromatic carbocycles. The summed E-state index contributed by atoms with van der Waals surface area (Å²) in [6.07, 6.45) is 6.47. The third-order valence-corrected chi connectivity index (χ3v) is 4.64. The first-order chi connectivity index (χ1) is 12.2. The zero-order chi connectivity index (χ0) is 17.2. The fourth-order valence-electron chi connectivity index (χ4n) is 3.52. The topological polar surface area (TPSA) is 86.7 Å². The maximum Gasteiger partial charge on any atom is 0.225 e. The van der Waals surface area contributed by atoms with Crippen molar-refractivity contribution in [1.29, 1.82) is 0 Å². The number of carbonyl (C=O) groups excluding carboxylic acids is 1. The van der Waals surface area contributed by atoms with Gasteiger partial charge in [0.25, 0.3) is 0 Å². The molecule has 126 valence electrons. The van der Waals surface area contributed by atoms with Gasteiger partial charge in [0.2, 0.25) is 5.91 Å². The van der Waals surface area contributed by atoms with Crippen molar-refractivity contribution in [2.24, 2.45) is 5.73 Å². The largest absolute Gasteiger partial charge is 0.369 e. The number of hydrogen-bond donors (Lipinski definition) is 1. The van der Waals surface area contributed by atoms with E-state index in [9.17, 15) is 4.79 Å². The molecule has 25 heavy (non-hydrogen) atoms. The highest BCUT2D eigenvalue weighted by atomic mass is 16.1. The molecule has 0 radical (unpaired) electrons. The Morgan fingerprint density at radius 3 is 2.80 bits per heavy atom. The molecule has 3 aromatic rings. The van der Waals surface area contributed by atoms with E-state index in [-0.39, 0.29) is 6.42 Å². The Morgan fingerprint density at radius 1 is 1.20 bits per heavy atom. The average molecular weight is 333 g/mol. The molecule has 0 bridgehead atoms. The Kier molecular flexibility index (Phi) is 4.01. The zero-order valence-corrected chi connectivity index (χ0v) is 13.8. The van der Waals surface area contributed by atoms with Gasteiger partial charge in [-0.25, -0.2) is 9.67 Å². The predicted octanol–water partition coefficient (Wildman–Crippen LogP) is 1.96. The van der Waals surface area contributed by atoms with Crippen molar-refractivity contribution in [2.75, 3.05) is 0 Å². The van der Waals surface area contributed by atoms with Gasteiger partial charge in [-0.15, -0.1) is 0 Å². The van der Waals surface area contributed by atoms with Crippen LogP contribution in [0.1, 0.15) is 35.1 Å². The molecule has 2 heterocycles. The maximum atomic E-state index is 11.3. The van der Waals surface area contributed by atoms with Gasteiger partial charge in [0.05, 0.1) is 12.1 Å². The number of nitrogens with zero attached hydrogens (tertiary/aromatic N) is 4. The lowest BCUT2D eigenvalue weighted by Crippen LogP contribution is -2.14. The quantitative estimate of drug-likeness (QED) is 0.773. The minimum Gasteiger partial charge on any atom is -0.369 e. The lowest BCUT2D eigenvalue weighted by atomic mass is 9.97.